The molecule has 0 aliphatic heterocycles. The minimum Gasteiger partial charge on any atom is -0.482 e. The number of furan rings is 2. The monoisotopic (exact) mass is 384 g/mol. The summed E-state index contributed by atoms with van der Waals surface area (Å²) in [5, 5.41) is 1.04. The van der Waals surface area contributed by atoms with Crippen molar-refractivity contribution < 1.29 is 32.6 Å². The van der Waals surface area contributed by atoms with Crippen molar-refractivity contribution in [2.45, 2.75) is 32.3 Å². The van der Waals surface area contributed by atoms with Gasteiger partial charge in [0.1, 0.15) is 23.7 Å². The summed E-state index contributed by atoms with van der Waals surface area (Å²) >= 11 is 0. The average molecular weight is 384 g/mol. The van der Waals surface area contributed by atoms with Crippen LogP contribution in [0.4, 0.5) is 0 Å². The van der Waals surface area contributed by atoms with Gasteiger partial charge < -0.3 is 23.0 Å². The lowest BCUT2D eigenvalue weighted by Crippen LogP contribution is -2.15. The quantitative estimate of drug-likeness (QED) is 0.597. The van der Waals surface area contributed by atoms with E-state index in [0.29, 0.717) is 11.3 Å². The summed E-state index contributed by atoms with van der Waals surface area (Å²) < 4.78 is 26.3. The summed E-state index contributed by atoms with van der Waals surface area (Å²) in [4.78, 5) is 23.5. The number of benzene rings is 1. The molecule has 1 aliphatic rings. The number of ether oxygens (including phenoxy) is 3. The molecule has 0 N–H and O–H groups in total. The number of hydrogen-bond acceptors (Lipinski definition) is 7. The van der Waals surface area contributed by atoms with Gasteiger partial charge in [-0.2, -0.15) is 0 Å². The van der Waals surface area contributed by atoms with Crippen LogP contribution in [0.15, 0.2) is 39.4 Å². The standard InChI is InChI=1S/C21H20O7/c1-24-21(23)20-13(8-9-25-20)11-27-19(22)12-26-14-6-7-18-16(10-14)15-4-2-3-5-17(15)28-18/h6-10H,2-5,11-12H2,1H3. The van der Waals surface area contributed by atoms with Crippen LogP contribution in [0.5, 0.6) is 5.75 Å². The van der Waals surface area contributed by atoms with Crippen LogP contribution < -0.4 is 4.74 Å². The molecule has 3 aromatic rings. The van der Waals surface area contributed by atoms with Gasteiger partial charge in [0, 0.05) is 22.9 Å². The Morgan fingerprint density at radius 1 is 1.14 bits per heavy atom. The molecule has 0 unspecified atom stereocenters. The zero-order valence-electron chi connectivity index (χ0n) is 15.5. The normalized spacial score (nSPS) is 13.2. The summed E-state index contributed by atoms with van der Waals surface area (Å²) in [7, 11) is 1.25. The van der Waals surface area contributed by atoms with Crippen LogP contribution in [0, 0.1) is 0 Å². The maximum absolute atomic E-state index is 12.0. The van der Waals surface area contributed by atoms with E-state index in [1.165, 1.54) is 18.9 Å². The highest BCUT2D eigenvalue weighted by molar-refractivity contribution is 5.88. The van der Waals surface area contributed by atoms with E-state index < -0.39 is 11.9 Å². The minimum absolute atomic E-state index is 0.0198. The smallest absolute Gasteiger partial charge is 0.374 e. The molecular weight excluding hydrogens is 364 g/mol. The van der Waals surface area contributed by atoms with Crippen LogP contribution in [-0.4, -0.2) is 25.7 Å². The zero-order valence-corrected chi connectivity index (χ0v) is 15.5. The topological polar surface area (TPSA) is 88.1 Å². The molecule has 7 heteroatoms. The van der Waals surface area contributed by atoms with Gasteiger partial charge >= 0.3 is 11.9 Å². The van der Waals surface area contributed by atoms with Gasteiger partial charge in [0.25, 0.3) is 0 Å². The summed E-state index contributed by atoms with van der Waals surface area (Å²) in [6.07, 6.45) is 5.61. The Kier molecular flexibility index (Phi) is 5.06. The molecule has 0 bridgehead atoms. The number of fused-ring (bicyclic) bond motifs is 3. The first-order valence-corrected chi connectivity index (χ1v) is 9.13. The second-order valence-corrected chi connectivity index (χ2v) is 6.58. The summed E-state index contributed by atoms with van der Waals surface area (Å²) in [6, 6.07) is 7.09. The van der Waals surface area contributed by atoms with Gasteiger partial charge in [0.15, 0.2) is 6.61 Å². The van der Waals surface area contributed by atoms with Crippen LogP contribution in [0.2, 0.25) is 0 Å². The molecule has 0 saturated heterocycles. The zero-order chi connectivity index (χ0) is 19.5. The van der Waals surface area contributed by atoms with Crippen LogP contribution in [-0.2, 0) is 33.7 Å². The van der Waals surface area contributed by atoms with Crippen molar-refractivity contribution in [1.82, 2.24) is 0 Å². The van der Waals surface area contributed by atoms with E-state index in [2.05, 4.69) is 4.74 Å². The number of methoxy groups -OCH3 is 1. The van der Waals surface area contributed by atoms with E-state index >= 15 is 0 Å². The first-order chi connectivity index (χ1) is 13.7. The molecule has 0 amide bonds. The van der Waals surface area contributed by atoms with Gasteiger partial charge in [-0.25, -0.2) is 9.59 Å². The molecule has 0 atom stereocenters. The van der Waals surface area contributed by atoms with Crippen molar-refractivity contribution in [2.24, 2.45) is 0 Å². The van der Waals surface area contributed by atoms with Crippen molar-refractivity contribution in [3.63, 3.8) is 0 Å². The summed E-state index contributed by atoms with van der Waals surface area (Å²) in [5.41, 5.74) is 2.52. The van der Waals surface area contributed by atoms with E-state index in [-0.39, 0.29) is 19.0 Å². The van der Waals surface area contributed by atoms with Crippen molar-refractivity contribution in [3.8, 4) is 5.75 Å². The Morgan fingerprint density at radius 2 is 2.00 bits per heavy atom. The molecule has 1 aromatic carbocycles. The molecule has 28 heavy (non-hydrogen) atoms. The average Bonchev–Trinajstić information content (AvgIpc) is 3.34. The van der Waals surface area contributed by atoms with Gasteiger partial charge in [-0.1, -0.05) is 0 Å². The molecule has 7 nitrogen and oxygen atoms in total. The van der Waals surface area contributed by atoms with Gasteiger partial charge in [0.05, 0.1) is 13.4 Å². The Hall–Kier alpha value is -3.22. The highest BCUT2D eigenvalue weighted by Crippen LogP contribution is 2.33. The number of aryl methyl sites for hydroxylation is 2. The van der Waals surface area contributed by atoms with Gasteiger partial charge in [0.2, 0.25) is 5.76 Å². The Morgan fingerprint density at radius 3 is 2.86 bits per heavy atom. The fourth-order valence-corrected chi connectivity index (χ4v) is 3.39. The summed E-state index contributed by atoms with van der Waals surface area (Å²) in [6.45, 7) is -0.339. The van der Waals surface area contributed by atoms with Gasteiger partial charge in [-0.3, -0.25) is 0 Å². The largest absolute Gasteiger partial charge is 0.482 e. The molecule has 4 rings (SSSR count). The number of carbonyl (C=O) groups is 2. The third-order valence-corrected chi connectivity index (χ3v) is 4.79. The third kappa shape index (κ3) is 3.60. The van der Waals surface area contributed by atoms with Crippen LogP contribution >= 0.6 is 0 Å². The fourth-order valence-electron chi connectivity index (χ4n) is 3.39. The lowest BCUT2D eigenvalue weighted by Gasteiger charge is -2.09. The van der Waals surface area contributed by atoms with Gasteiger partial charge in [-0.05, 0) is 43.5 Å². The lowest BCUT2D eigenvalue weighted by atomic mass is 9.96. The van der Waals surface area contributed by atoms with Crippen LogP contribution in [0.3, 0.4) is 0 Å². The van der Waals surface area contributed by atoms with Gasteiger partial charge in [-0.15, -0.1) is 0 Å². The third-order valence-electron chi connectivity index (χ3n) is 4.79. The fraction of sp³-hybridized carbons (Fsp3) is 0.333. The number of carbonyl (C=O) groups excluding carboxylic acids is 2. The maximum atomic E-state index is 12.0. The first kappa shape index (κ1) is 18.2. The highest BCUT2D eigenvalue weighted by Gasteiger charge is 2.19. The predicted octanol–water partition coefficient (Wildman–Crippen LogP) is 3.81. The van der Waals surface area contributed by atoms with Crippen molar-refractivity contribution in [3.05, 3.63) is 53.2 Å². The molecule has 2 aromatic heterocycles. The van der Waals surface area contributed by atoms with Crippen molar-refractivity contribution in [1.29, 1.82) is 0 Å². The SMILES string of the molecule is COC(=O)c1occc1COC(=O)COc1ccc2oc3c(c2c1)CCCC3. The van der Waals surface area contributed by atoms with E-state index in [9.17, 15) is 9.59 Å². The van der Waals surface area contributed by atoms with Crippen molar-refractivity contribution in [2.75, 3.05) is 13.7 Å². The molecular formula is C21H20O7. The molecule has 2 heterocycles. The first-order valence-electron chi connectivity index (χ1n) is 9.13. The molecule has 1 aliphatic carbocycles. The maximum Gasteiger partial charge on any atom is 0.374 e. The van der Waals surface area contributed by atoms with E-state index in [4.69, 9.17) is 18.3 Å². The highest BCUT2D eigenvalue weighted by atomic mass is 16.6. The summed E-state index contributed by atoms with van der Waals surface area (Å²) in [5.74, 6) is 0.485. The Bertz CT molecular complexity index is 1010. The number of hydrogen-bond donors (Lipinski definition) is 0. The second kappa shape index (κ2) is 7.80. The second-order valence-electron chi connectivity index (χ2n) is 6.58. The van der Waals surface area contributed by atoms with E-state index in [1.807, 2.05) is 12.1 Å². The molecule has 146 valence electrons. The molecule has 0 radical (unpaired) electrons. The molecule has 0 fully saturated rings. The van der Waals surface area contributed by atoms with Crippen LogP contribution in [0.25, 0.3) is 11.0 Å². The predicted molar refractivity (Wildman–Crippen MR) is 98.2 cm³/mol. The lowest BCUT2D eigenvalue weighted by molar-refractivity contribution is -0.147. The Balaban J connectivity index is 1.36. The van der Waals surface area contributed by atoms with E-state index in [0.717, 1.165) is 42.4 Å². The molecule has 0 spiro atoms. The Labute approximate surface area is 161 Å². The van der Waals surface area contributed by atoms with Crippen molar-refractivity contribution >= 4 is 22.9 Å². The number of esters is 2. The minimum atomic E-state index is -0.621. The van der Waals surface area contributed by atoms with Crippen LogP contribution in [0.1, 0.15) is 40.3 Å². The van der Waals surface area contributed by atoms with E-state index in [1.54, 1.807) is 12.1 Å². The number of rotatable bonds is 6. The molecule has 0 saturated carbocycles.